The molecule has 1 aliphatic heterocycles. The molecule has 1 aliphatic rings. The molecule has 11 heteroatoms. The summed E-state index contributed by atoms with van der Waals surface area (Å²) in [6.45, 7) is 7.70. The number of ether oxygens (including phenoxy) is 2. The molecule has 0 amide bonds. The Hall–Kier alpha value is -3.02. The minimum atomic E-state index is -0.0915. The second kappa shape index (κ2) is 12.8. The Bertz CT molecular complexity index is 1180. The Kier molecular flexibility index (Phi) is 9.26. The van der Waals surface area contributed by atoms with Crippen LogP contribution in [0.5, 0.6) is 0 Å². The second-order valence-electron chi connectivity index (χ2n) is 8.46. The van der Waals surface area contributed by atoms with Gasteiger partial charge in [0.15, 0.2) is 5.96 Å². The minimum absolute atomic E-state index is 0.0915. The first-order valence-electron chi connectivity index (χ1n) is 12.0. The molecule has 1 aromatic heterocycles. The summed E-state index contributed by atoms with van der Waals surface area (Å²) in [6.07, 6.45) is 0. The standard InChI is InChI=1S/C25H33ClN8O2/c26-19-4-5-22-21(17-19)23(31-25(30-22)32-24(28)29)18-2-1-3-20(16-18)34-9-7-33(8-10-34)11-13-36-15-14-35-12-6-27/h1-5,16-17H,6-15,27H2,(H4,28,29,30,31,32). The lowest BCUT2D eigenvalue weighted by molar-refractivity contribution is 0.0405. The predicted molar refractivity (Wildman–Crippen MR) is 145 cm³/mol. The van der Waals surface area contributed by atoms with Gasteiger partial charge < -0.3 is 31.6 Å². The highest BCUT2D eigenvalue weighted by Crippen LogP contribution is 2.32. The van der Waals surface area contributed by atoms with Crippen molar-refractivity contribution < 1.29 is 9.47 Å². The molecule has 0 aliphatic carbocycles. The number of anilines is 1. The van der Waals surface area contributed by atoms with E-state index in [0.717, 1.165) is 60.6 Å². The fourth-order valence-corrected chi connectivity index (χ4v) is 4.32. The molecule has 192 valence electrons. The van der Waals surface area contributed by atoms with Gasteiger partial charge in [-0.05, 0) is 30.3 Å². The van der Waals surface area contributed by atoms with E-state index in [0.29, 0.717) is 38.0 Å². The van der Waals surface area contributed by atoms with Crippen molar-refractivity contribution >= 4 is 40.1 Å². The summed E-state index contributed by atoms with van der Waals surface area (Å²) in [5.74, 6) is 0.123. The number of nitrogens with two attached hydrogens (primary N) is 3. The highest BCUT2D eigenvalue weighted by atomic mass is 35.5. The first-order valence-corrected chi connectivity index (χ1v) is 12.4. The van der Waals surface area contributed by atoms with E-state index in [1.165, 1.54) is 0 Å². The Morgan fingerprint density at radius 3 is 2.47 bits per heavy atom. The molecule has 0 unspecified atom stereocenters. The van der Waals surface area contributed by atoms with Crippen molar-refractivity contribution in [1.82, 2.24) is 14.9 Å². The Balaban J connectivity index is 1.43. The number of guanidine groups is 1. The van der Waals surface area contributed by atoms with Gasteiger partial charge in [-0.1, -0.05) is 23.7 Å². The van der Waals surface area contributed by atoms with Crippen LogP contribution in [-0.2, 0) is 9.47 Å². The number of nitrogens with zero attached hydrogens (tertiary/aromatic N) is 5. The summed E-state index contributed by atoms with van der Waals surface area (Å²) in [5.41, 5.74) is 20.1. The summed E-state index contributed by atoms with van der Waals surface area (Å²) in [4.78, 5) is 18.0. The van der Waals surface area contributed by atoms with Gasteiger partial charge in [0.2, 0.25) is 0 Å². The lowest BCUT2D eigenvalue weighted by atomic mass is 10.1. The molecule has 0 atom stereocenters. The van der Waals surface area contributed by atoms with Gasteiger partial charge in [-0.15, -0.1) is 0 Å². The Morgan fingerprint density at radius 2 is 1.72 bits per heavy atom. The van der Waals surface area contributed by atoms with Crippen molar-refractivity contribution in [3.05, 3.63) is 47.5 Å². The first kappa shape index (κ1) is 26.1. The predicted octanol–water partition coefficient (Wildman–Crippen LogP) is 1.97. The van der Waals surface area contributed by atoms with E-state index in [9.17, 15) is 0 Å². The van der Waals surface area contributed by atoms with Gasteiger partial charge in [-0.3, -0.25) is 4.90 Å². The van der Waals surface area contributed by atoms with Gasteiger partial charge in [-0.2, -0.15) is 4.99 Å². The molecule has 10 nitrogen and oxygen atoms in total. The Morgan fingerprint density at radius 1 is 0.944 bits per heavy atom. The van der Waals surface area contributed by atoms with Gasteiger partial charge >= 0.3 is 0 Å². The molecule has 6 N–H and O–H groups in total. The van der Waals surface area contributed by atoms with Crippen LogP contribution in [0.2, 0.25) is 5.02 Å². The number of piperazine rings is 1. The molecular formula is C25H33ClN8O2. The molecule has 1 fully saturated rings. The van der Waals surface area contributed by atoms with Crippen LogP contribution in [0.15, 0.2) is 47.5 Å². The molecule has 0 radical (unpaired) electrons. The van der Waals surface area contributed by atoms with E-state index >= 15 is 0 Å². The number of aliphatic imine (C=N–C) groups is 1. The average molecular weight is 513 g/mol. The summed E-state index contributed by atoms with van der Waals surface area (Å²) in [7, 11) is 0. The van der Waals surface area contributed by atoms with Gasteiger partial charge in [0.05, 0.1) is 37.6 Å². The van der Waals surface area contributed by atoms with Crippen LogP contribution < -0.4 is 22.1 Å². The topological polar surface area (TPSA) is 141 Å². The van der Waals surface area contributed by atoms with Crippen LogP contribution in [-0.4, -0.2) is 86.5 Å². The highest BCUT2D eigenvalue weighted by molar-refractivity contribution is 6.31. The maximum absolute atomic E-state index is 6.29. The number of halogens is 1. The third kappa shape index (κ3) is 7.02. The molecule has 3 aromatic rings. The summed E-state index contributed by atoms with van der Waals surface area (Å²) in [6, 6.07) is 13.8. The maximum Gasteiger partial charge on any atom is 0.253 e. The van der Waals surface area contributed by atoms with Crippen LogP contribution in [0, 0.1) is 0 Å². The molecular weight excluding hydrogens is 480 g/mol. The Labute approximate surface area is 216 Å². The molecule has 0 spiro atoms. The van der Waals surface area contributed by atoms with Crippen molar-refractivity contribution in [2.75, 3.05) is 70.6 Å². The van der Waals surface area contributed by atoms with E-state index < -0.39 is 0 Å². The van der Waals surface area contributed by atoms with Crippen LogP contribution in [0.25, 0.3) is 22.2 Å². The van der Waals surface area contributed by atoms with E-state index in [4.69, 9.17) is 38.3 Å². The van der Waals surface area contributed by atoms with Crippen LogP contribution in [0.1, 0.15) is 0 Å². The number of benzene rings is 2. The van der Waals surface area contributed by atoms with E-state index in [2.05, 4.69) is 36.9 Å². The fourth-order valence-electron chi connectivity index (χ4n) is 4.15. The lowest BCUT2D eigenvalue weighted by Gasteiger charge is -2.36. The van der Waals surface area contributed by atoms with E-state index in [1.807, 2.05) is 24.3 Å². The van der Waals surface area contributed by atoms with Crippen LogP contribution in [0.4, 0.5) is 11.6 Å². The minimum Gasteiger partial charge on any atom is -0.378 e. The number of hydrogen-bond acceptors (Lipinski definition) is 8. The summed E-state index contributed by atoms with van der Waals surface area (Å²) >= 11 is 6.29. The third-order valence-corrected chi connectivity index (χ3v) is 6.15. The van der Waals surface area contributed by atoms with Crippen molar-refractivity contribution in [1.29, 1.82) is 0 Å². The zero-order valence-electron chi connectivity index (χ0n) is 20.3. The largest absolute Gasteiger partial charge is 0.378 e. The number of aromatic nitrogens is 2. The maximum atomic E-state index is 6.29. The highest BCUT2D eigenvalue weighted by Gasteiger charge is 2.18. The second-order valence-corrected chi connectivity index (χ2v) is 8.90. The first-order chi connectivity index (χ1) is 17.5. The molecule has 36 heavy (non-hydrogen) atoms. The van der Waals surface area contributed by atoms with Gasteiger partial charge in [-0.25, -0.2) is 9.97 Å². The molecule has 0 bridgehead atoms. The van der Waals surface area contributed by atoms with Crippen molar-refractivity contribution in [2.45, 2.75) is 0 Å². The lowest BCUT2D eigenvalue weighted by Crippen LogP contribution is -2.47. The number of hydrogen-bond donors (Lipinski definition) is 3. The van der Waals surface area contributed by atoms with Gasteiger partial charge in [0, 0.05) is 60.9 Å². The quantitative estimate of drug-likeness (QED) is 0.200. The van der Waals surface area contributed by atoms with Crippen molar-refractivity contribution in [3.63, 3.8) is 0 Å². The molecule has 2 heterocycles. The SMILES string of the molecule is NCCOCCOCCN1CCN(c2cccc(-c3nc(N=C(N)N)nc4ccc(Cl)cc34)c2)CC1. The van der Waals surface area contributed by atoms with E-state index in [1.54, 1.807) is 6.07 Å². The number of fused-ring (bicyclic) bond motifs is 1. The van der Waals surface area contributed by atoms with Crippen molar-refractivity contribution in [3.8, 4) is 11.3 Å². The molecule has 1 saturated heterocycles. The molecule has 4 rings (SSSR count). The smallest absolute Gasteiger partial charge is 0.253 e. The van der Waals surface area contributed by atoms with Crippen molar-refractivity contribution in [2.24, 2.45) is 22.2 Å². The average Bonchev–Trinajstić information content (AvgIpc) is 2.88. The summed E-state index contributed by atoms with van der Waals surface area (Å²) in [5, 5.41) is 1.45. The molecule has 2 aromatic carbocycles. The zero-order valence-corrected chi connectivity index (χ0v) is 21.0. The van der Waals surface area contributed by atoms with Gasteiger partial charge in [0.1, 0.15) is 0 Å². The normalized spacial score (nSPS) is 14.3. The monoisotopic (exact) mass is 512 g/mol. The summed E-state index contributed by atoms with van der Waals surface area (Å²) < 4.78 is 11.0. The zero-order chi connectivity index (χ0) is 25.3. The third-order valence-electron chi connectivity index (χ3n) is 5.92. The molecule has 0 saturated carbocycles. The van der Waals surface area contributed by atoms with E-state index in [-0.39, 0.29) is 11.9 Å². The van der Waals surface area contributed by atoms with Crippen LogP contribution >= 0.6 is 11.6 Å². The van der Waals surface area contributed by atoms with Gasteiger partial charge in [0.25, 0.3) is 5.95 Å². The van der Waals surface area contributed by atoms with Crippen LogP contribution in [0.3, 0.4) is 0 Å². The number of rotatable bonds is 11. The fraction of sp³-hybridized carbons (Fsp3) is 0.400.